The zero-order chi connectivity index (χ0) is 26.5. The van der Waals surface area contributed by atoms with Crippen molar-refractivity contribution in [2.45, 2.75) is 0 Å². The molecule has 0 radical (unpaired) electrons. The molecular weight excluding hydrogens is 486 g/mol. The van der Waals surface area contributed by atoms with Gasteiger partial charge in [0.05, 0.1) is 6.54 Å². The Bertz CT molecular complexity index is 1460. The predicted molar refractivity (Wildman–Crippen MR) is 133 cm³/mol. The number of carbonyl (C=O) groups is 2. The van der Waals surface area contributed by atoms with E-state index in [9.17, 15) is 13.6 Å². The number of aliphatic imine (C=N–C) groups is 1. The molecule has 0 bridgehead atoms. The second kappa shape index (κ2) is 10.6. The van der Waals surface area contributed by atoms with Crippen LogP contribution in [0.15, 0.2) is 66.0 Å². The first kappa shape index (κ1) is 25.0. The summed E-state index contributed by atoms with van der Waals surface area (Å²) in [6.07, 6.45) is 3.27. The molecule has 0 saturated carbocycles. The van der Waals surface area contributed by atoms with Crippen LogP contribution in [0.2, 0.25) is 0 Å². The first-order valence-electron chi connectivity index (χ1n) is 10.8. The lowest BCUT2D eigenvalue weighted by Gasteiger charge is -2.27. The quantitative estimate of drug-likeness (QED) is 0.341. The van der Waals surface area contributed by atoms with E-state index in [1.54, 1.807) is 36.5 Å². The fourth-order valence-electron chi connectivity index (χ4n) is 3.64. The smallest absolute Gasteiger partial charge is 0.290 e. The Hall–Kier alpha value is -5.13. The van der Waals surface area contributed by atoms with Gasteiger partial charge in [0.2, 0.25) is 11.9 Å². The first-order chi connectivity index (χ1) is 17.8. The lowest BCUT2D eigenvalue weighted by molar-refractivity contribution is -0.122. The van der Waals surface area contributed by atoms with E-state index in [0.717, 1.165) is 12.1 Å². The number of hydrogen-bond donors (Lipinski definition) is 3. The molecule has 1 amide bonds. The van der Waals surface area contributed by atoms with Crippen LogP contribution in [0.25, 0.3) is 11.6 Å². The zero-order valence-corrected chi connectivity index (χ0v) is 19.2. The Morgan fingerprint density at radius 2 is 2.03 bits per heavy atom. The Morgan fingerprint density at radius 1 is 1.24 bits per heavy atom. The van der Waals surface area contributed by atoms with E-state index in [1.807, 2.05) is 4.90 Å². The Balaban J connectivity index is 0.00000102. The van der Waals surface area contributed by atoms with Crippen molar-refractivity contribution in [1.29, 1.82) is 0 Å². The molecule has 0 spiro atoms. The number of nitrogens with two attached hydrogens (primary N) is 1. The van der Waals surface area contributed by atoms with Gasteiger partial charge in [-0.05, 0) is 35.9 Å². The number of amides is 1. The molecule has 188 valence electrons. The number of nitrogens with zero attached hydrogens (tertiary/aromatic N) is 4. The predicted octanol–water partition coefficient (Wildman–Crippen LogP) is 3.35. The highest BCUT2D eigenvalue weighted by Crippen LogP contribution is 2.33. The van der Waals surface area contributed by atoms with E-state index >= 15 is 0 Å². The summed E-state index contributed by atoms with van der Waals surface area (Å²) < 4.78 is 33.1. The van der Waals surface area contributed by atoms with Gasteiger partial charge in [-0.3, -0.25) is 14.6 Å². The van der Waals surface area contributed by atoms with Gasteiger partial charge in [-0.15, -0.1) is 0 Å². The highest BCUT2D eigenvalue weighted by molar-refractivity contribution is 6.18. The average Bonchev–Trinajstić information content (AvgIpc) is 3.37. The maximum absolute atomic E-state index is 14.1. The van der Waals surface area contributed by atoms with Crippen LogP contribution in [0.4, 0.5) is 26.2 Å². The van der Waals surface area contributed by atoms with Crippen LogP contribution in [-0.4, -0.2) is 46.4 Å². The van der Waals surface area contributed by atoms with Gasteiger partial charge in [0.25, 0.3) is 6.47 Å². The number of aromatic nitrogens is 2. The van der Waals surface area contributed by atoms with Gasteiger partial charge in [0, 0.05) is 35.6 Å². The molecule has 0 saturated heterocycles. The molecule has 37 heavy (non-hydrogen) atoms. The van der Waals surface area contributed by atoms with Crippen LogP contribution in [0, 0.1) is 11.6 Å². The third kappa shape index (κ3) is 5.42. The minimum absolute atomic E-state index is 0.109. The van der Waals surface area contributed by atoms with Crippen molar-refractivity contribution in [1.82, 2.24) is 9.97 Å². The van der Waals surface area contributed by atoms with Crippen molar-refractivity contribution >= 4 is 47.3 Å². The van der Waals surface area contributed by atoms with Crippen molar-refractivity contribution in [2.24, 2.45) is 10.7 Å². The number of primary amides is 1. The summed E-state index contributed by atoms with van der Waals surface area (Å²) in [5, 5.41) is 10.0. The lowest BCUT2D eigenvalue weighted by Crippen LogP contribution is -2.34. The summed E-state index contributed by atoms with van der Waals surface area (Å²) in [5.74, 6) is -0.458. The summed E-state index contributed by atoms with van der Waals surface area (Å²) in [4.78, 5) is 35.1. The molecule has 2 aliphatic heterocycles. The second-order valence-corrected chi connectivity index (χ2v) is 7.67. The summed E-state index contributed by atoms with van der Waals surface area (Å²) >= 11 is 0. The van der Waals surface area contributed by atoms with Gasteiger partial charge < -0.3 is 25.8 Å². The van der Waals surface area contributed by atoms with E-state index in [-0.39, 0.29) is 17.8 Å². The van der Waals surface area contributed by atoms with E-state index in [4.69, 9.17) is 20.4 Å². The third-order valence-corrected chi connectivity index (χ3v) is 5.28. The van der Waals surface area contributed by atoms with Crippen molar-refractivity contribution < 1.29 is 28.2 Å². The van der Waals surface area contributed by atoms with Crippen molar-refractivity contribution in [3.8, 4) is 5.75 Å². The number of anilines is 3. The molecule has 5 rings (SSSR count). The number of rotatable bonds is 6. The molecule has 3 heterocycles. The van der Waals surface area contributed by atoms with Gasteiger partial charge in [0.15, 0.2) is 23.2 Å². The maximum atomic E-state index is 14.1. The van der Waals surface area contributed by atoms with Gasteiger partial charge in [-0.1, -0.05) is 18.7 Å². The summed E-state index contributed by atoms with van der Waals surface area (Å²) in [6.45, 7) is 4.51. The van der Waals surface area contributed by atoms with Gasteiger partial charge in [-0.25, -0.2) is 13.8 Å². The third-order valence-electron chi connectivity index (χ3n) is 5.28. The molecule has 4 N–H and O–H groups in total. The van der Waals surface area contributed by atoms with E-state index in [2.05, 4.69) is 26.9 Å². The number of carboxylic acid groups (broad SMARTS) is 1. The normalized spacial score (nSPS) is 13.2. The molecule has 0 fully saturated rings. The lowest BCUT2D eigenvalue weighted by atomic mass is 10.1. The fourth-order valence-corrected chi connectivity index (χ4v) is 3.64. The van der Waals surface area contributed by atoms with Crippen LogP contribution in [0.3, 0.4) is 0 Å². The molecule has 0 unspecified atom stereocenters. The Morgan fingerprint density at radius 3 is 2.76 bits per heavy atom. The van der Waals surface area contributed by atoms with Crippen molar-refractivity contribution in [3.63, 3.8) is 0 Å². The second-order valence-electron chi connectivity index (χ2n) is 7.67. The number of benzene rings is 2. The number of nitrogens with one attached hydrogen (secondary N) is 1. The summed E-state index contributed by atoms with van der Waals surface area (Å²) in [6, 6.07) is 10.1. The monoisotopic (exact) mass is 506 g/mol. The number of fused-ring (bicyclic) bond motifs is 3. The van der Waals surface area contributed by atoms with Crippen molar-refractivity contribution in [3.05, 3.63) is 83.8 Å². The van der Waals surface area contributed by atoms with Crippen LogP contribution < -0.4 is 20.7 Å². The minimum Gasteiger partial charge on any atom is -0.483 e. The number of carbonyl (C=O) groups excluding carboxylic acids is 1. The molecule has 0 aliphatic carbocycles. The molecule has 1 aromatic heterocycles. The Kier molecular flexibility index (Phi) is 7.19. The van der Waals surface area contributed by atoms with Crippen LogP contribution in [-0.2, 0) is 9.59 Å². The van der Waals surface area contributed by atoms with Gasteiger partial charge >= 0.3 is 0 Å². The molecule has 10 nitrogen and oxygen atoms in total. The number of hydrogen-bond acceptors (Lipinski definition) is 8. The number of amidine groups is 1. The Labute approximate surface area is 209 Å². The minimum atomic E-state index is -0.811. The summed E-state index contributed by atoms with van der Waals surface area (Å²) in [5.41, 5.74) is 7.40. The van der Waals surface area contributed by atoms with Gasteiger partial charge in [0.1, 0.15) is 11.6 Å². The highest BCUT2D eigenvalue weighted by Gasteiger charge is 2.31. The van der Waals surface area contributed by atoms with Crippen molar-refractivity contribution in [2.75, 3.05) is 23.3 Å². The first-order valence-corrected chi connectivity index (χ1v) is 10.8. The molecule has 2 aromatic carbocycles. The summed E-state index contributed by atoms with van der Waals surface area (Å²) in [7, 11) is 0. The van der Waals surface area contributed by atoms with Crippen LogP contribution >= 0.6 is 0 Å². The van der Waals surface area contributed by atoms with Gasteiger partial charge in [-0.2, -0.15) is 4.98 Å². The van der Waals surface area contributed by atoms with E-state index in [0.29, 0.717) is 53.3 Å². The largest absolute Gasteiger partial charge is 0.483 e. The number of halogens is 2. The zero-order valence-electron chi connectivity index (χ0n) is 19.2. The van der Waals surface area contributed by atoms with E-state index in [1.165, 1.54) is 6.07 Å². The SMILES string of the molecule is C=C(C(N)=O)c1cccc(Nc2ncc3c(n2)N2CCN=C2C(Oc2ccc(F)cc2F)=C3)c1.O=CO. The molecule has 12 heteroatoms. The van der Waals surface area contributed by atoms with E-state index < -0.39 is 17.5 Å². The standard InChI is InChI=1S/C24H18F2N6O2.CH2O2/c1-13(21(27)33)14-3-2-4-17(9-14)30-24-29-12-15-10-20(23-28-7-8-32(23)22(15)31-24)34-19-6-5-16(25)11-18(19)26;2-1-3/h2-6,9-12H,1,7-8H2,(H2,27,33)(H,29,30,31);1H,(H,2,3). The fraction of sp³-hybridized carbons (Fsp3) is 0.0800. The van der Waals surface area contributed by atoms with Crippen LogP contribution in [0.1, 0.15) is 11.1 Å². The van der Waals surface area contributed by atoms with Crippen LogP contribution in [0.5, 0.6) is 5.75 Å². The molecule has 0 atom stereocenters. The average molecular weight is 506 g/mol. The highest BCUT2D eigenvalue weighted by atomic mass is 19.1. The maximum Gasteiger partial charge on any atom is 0.290 e. The molecule has 3 aromatic rings. The molecule has 2 aliphatic rings. The topological polar surface area (TPSA) is 143 Å². The molecular formula is C25H20F2N6O4. The number of ether oxygens (including phenoxy) is 1.